The standard InChI is InChI=1S/C5H14N2.H2/c1-7(2)5-3-4-6;/h3-6H2,1-2H3;1H. The highest BCUT2D eigenvalue weighted by Crippen LogP contribution is 1.76. The third-order valence-electron chi connectivity index (χ3n) is 0.809. The third kappa shape index (κ3) is 5.92. The highest BCUT2D eigenvalue weighted by atomic mass is 15.0. The summed E-state index contributed by atoms with van der Waals surface area (Å²) in [5, 5.41) is 0. The van der Waals surface area contributed by atoms with Crippen molar-refractivity contribution in [2.24, 2.45) is 5.73 Å². The smallest absolute Gasteiger partial charge is 0 e. The van der Waals surface area contributed by atoms with Gasteiger partial charge >= 0.3 is 0 Å². The lowest BCUT2D eigenvalue weighted by molar-refractivity contribution is 0.403. The minimum atomic E-state index is 0. The van der Waals surface area contributed by atoms with E-state index in [1.165, 1.54) is 0 Å². The van der Waals surface area contributed by atoms with Crippen molar-refractivity contribution in [3.05, 3.63) is 0 Å². The second-order valence-electron chi connectivity index (χ2n) is 1.95. The van der Waals surface area contributed by atoms with E-state index in [1.807, 2.05) is 0 Å². The molecule has 7 heavy (non-hydrogen) atoms. The maximum absolute atomic E-state index is 5.25. The first kappa shape index (κ1) is 6.92. The van der Waals surface area contributed by atoms with Gasteiger partial charge in [-0.05, 0) is 33.6 Å². The van der Waals surface area contributed by atoms with Crippen LogP contribution in [-0.4, -0.2) is 32.1 Å². The molecule has 0 bridgehead atoms. The zero-order valence-corrected chi connectivity index (χ0v) is 5.15. The van der Waals surface area contributed by atoms with Crippen molar-refractivity contribution in [3.63, 3.8) is 0 Å². The Kier molecular flexibility index (Phi) is 4.04. The molecule has 0 aliphatic rings. The van der Waals surface area contributed by atoms with Crippen molar-refractivity contribution >= 4 is 0 Å². The van der Waals surface area contributed by atoms with Crippen LogP contribution in [0.3, 0.4) is 0 Å². The Morgan fingerprint density at radius 3 is 2.29 bits per heavy atom. The van der Waals surface area contributed by atoms with Gasteiger partial charge in [-0.1, -0.05) is 0 Å². The number of hydrogen-bond donors (Lipinski definition) is 1. The van der Waals surface area contributed by atoms with Gasteiger partial charge in [0.15, 0.2) is 0 Å². The highest BCUT2D eigenvalue weighted by Gasteiger charge is 1.83. The number of nitrogens with two attached hydrogens (primary N) is 1. The Morgan fingerprint density at radius 2 is 2.14 bits per heavy atom. The Bertz CT molecular complexity index is 39.4. The average Bonchev–Trinajstić information content (AvgIpc) is 1.61. The molecule has 0 saturated carbocycles. The molecule has 0 aromatic heterocycles. The van der Waals surface area contributed by atoms with E-state index in [0.717, 1.165) is 19.5 Å². The lowest BCUT2D eigenvalue weighted by atomic mass is 10.4. The van der Waals surface area contributed by atoms with E-state index in [-0.39, 0.29) is 1.43 Å². The summed E-state index contributed by atoms with van der Waals surface area (Å²) in [6, 6.07) is 0. The Labute approximate surface area is 46.8 Å². The first-order chi connectivity index (χ1) is 3.27. The summed E-state index contributed by atoms with van der Waals surface area (Å²) in [6.45, 7) is 1.91. The summed E-state index contributed by atoms with van der Waals surface area (Å²) in [4.78, 5) is 2.13. The van der Waals surface area contributed by atoms with Gasteiger partial charge in [-0.15, -0.1) is 0 Å². The zero-order valence-electron chi connectivity index (χ0n) is 5.15. The molecule has 0 saturated heterocycles. The fraction of sp³-hybridized carbons (Fsp3) is 1.00. The van der Waals surface area contributed by atoms with Gasteiger partial charge in [0.05, 0.1) is 0 Å². The van der Waals surface area contributed by atoms with Gasteiger partial charge in [-0.2, -0.15) is 0 Å². The molecule has 0 aliphatic carbocycles. The Balaban J connectivity index is 0. The monoisotopic (exact) mass is 104 g/mol. The summed E-state index contributed by atoms with van der Waals surface area (Å²) >= 11 is 0. The first-order valence-electron chi connectivity index (χ1n) is 2.62. The van der Waals surface area contributed by atoms with Crippen LogP contribution in [0.15, 0.2) is 0 Å². The van der Waals surface area contributed by atoms with Crippen LogP contribution in [-0.2, 0) is 0 Å². The van der Waals surface area contributed by atoms with Crippen LogP contribution >= 0.6 is 0 Å². The molecule has 0 aromatic carbocycles. The van der Waals surface area contributed by atoms with Gasteiger partial charge in [0.1, 0.15) is 0 Å². The van der Waals surface area contributed by atoms with Crippen LogP contribution in [0.4, 0.5) is 0 Å². The van der Waals surface area contributed by atoms with Gasteiger partial charge < -0.3 is 10.6 Å². The predicted octanol–water partition coefficient (Wildman–Crippen LogP) is 0.143. The highest BCUT2D eigenvalue weighted by molar-refractivity contribution is 4.42. The molecule has 0 aliphatic heterocycles. The van der Waals surface area contributed by atoms with E-state index in [2.05, 4.69) is 19.0 Å². The van der Waals surface area contributed by atoms with Crippen molar-refractivity contribution in [2.75, 3.05) is 27.2 Å². The normalized spacial score (nSPS) is 10.3. The molecular weight excluding hydrogens is 88.1 g/mol. The molecule has 0 unspecified atom stereocenters. The molecule has 2 heteroatoms. The van der Waals surface area contributed by atoms with Gasteiger partial charge in [0.25, 0.3) is 0 Å². The molecule has 46 valence electrons. The molecule has 0 aromatic rings. The molecule has 2 nitrogen and oxygen atoms in total. The molecule has 2 N–H and O–H groups in total. The predicted molar refractivity (Wildman–Crippen MR) is 34.3 cm³/mol. The molecule has 0 heterocycles. The van der Waals surface area contributed by atoms with Gasteiger partial charge in [-0.25, -0.2) is 0 Å². The van der Waals surface area contributed by atoms with E-state index < -0.39 is 0 Å². The number of nitrogens with zero attached hydrogens (tertiary/aromatic N) is 1. The first-order valence-corrected chi connectivity index (χ1v) is 2.62. The average molecular weight is 104 g/mol. The van der Waals surface area contributed by atoms with E-state index in [9.17, 15) is 0 Å². The maximum Gasteiger partial charge on any atom is 0 e. The Morgan fingerprint density at radius 1 is 1.57 bits per heavy atom. The van der Waals surface area contributed by atoms with E-state index >= 15 is 0 Å². The fourth-order valence-corrected chi connectivity index (χ4v) is 0.408. The van der Waals surface area contributed by atoms with Crippen molar-refractivity contribution in [1.29, 1.82) is 0 Å². The summed E-state index contributed by atoms with van der Waals surface area (Å²) in [6.07, 6.45) is 1.10. The largest absolute Gasteiger partial charge is 0.330 e. The summed E-state index contributed by atoms with van der Waals surface area (Å²) in [7, 11) is 4.10. The lowest BCUT2D eigenvalue weighted by Crippen LogP contribution is -2.16. The quantitative estimate of drug-likeness (QED) is 0.552. The third-order valence-corrected chi connectivity index (χ3v) is 0.809. The van der Waals surface area contributed by atoms with Crippen LogP contribution in [0.5, 0.6) is 0 Å². The summed E-state index contributed by atoms with van der Waals surface area (Å²) in [5.41, 5.74) is 5.25. The molecule has 0 amide bonds. The van der Waals surface area contributed by atoms with Crippen LogP contribution < -0.4 is 5.73 Å². The minimum absolute atomic E-state index is 0. The zero-order chi connectivity index (χ0) is 5.70. The van der Waals surface area contributed by atoms with Crippen molar-refractivity contribution < 1.29 is 1.43 Å². The second kappa shape index (κ2) is 4.09. The van der Waals surface area contributed by atoms with Crippen molar-refractivity contribution in [2.45, 2.75) is 6.42 Å². The molecule has 0 spiro atoms. The van der Waals surface area contributed by atoms with E-state index in [1.54, 1.807) is 0 Å². The maximum atomic E-state index is 5.25. The van der Waals surface area contributed by atoms with Gasteiger partial charge in [-0.3, -0.25) is 0 Å². The molecule has 0 atom stereocenters. The van der Waals surface area contributed by atoms with Crippen LogP contribution in [0.2, 0.25) is 0 Å². The molecule has 0 rings (SSSR count). The van der Waals surface area contributed by atoms with Gasteiger partial charge in [0, 0.05) is 1.43 Å². The summed E-state index contributed by atoms with van der Waals surface area (Å²) < 4.78 is 0. The number of rotatable bonds is 3. The lowest BCUT2D eigenvalue weighted by Gasteiger charge is -2.05. The van der Waals surface area contributed by atoms with Crippen molar-refractivity contribution in [1.82, 2.24) is 4.90 Å². The molecular formula is C5H16N2. The van der Waals surface area contributed by atoms with Crippen molar-refractivity contribution in [3.8, 4) is 0 Å². The SMILES string of the molecule is CN(C)CCCN.[HH]. The van der Waals surface area contributed by atoms with Gasteiger partial charge in [0.2, 0.25) is 0 Å². The van der Waals surface area contributed by atoms with E-state index in [4.69, 9.17) is 5.73 Å². The van der Waals surface area contributed by atoms with Crippen LogP contribution in [0.1, 0.15) is 7.85 Å². The van der Waals surface area contributed by atoms with E-state index in [0.29, 0.717) is 0 Å². The topological polar surface area (TPSA) is 29.3 Å². The summed E-state index contributed by atoms with van der Waals surface area (Å²) in [5.74, 6) is 0. The molecule has 0 radical (unpaired) electrons. The fourth-order valence-electron chi connectivity index (χ4n) is 0.408. The number of hydrogen-bond acceptors (Lipinski definition) is 2. The second-order valence-corrected chi connectivity index (χ2v) is 1.95. The minimum Gasteiger partial charge on any atom is -0.330 e. The molecule has 0 fully saturated rings. The van der Waals surface area contributed by atoms with Crippen LogP contribution in [0, 0.1) is 0 Å². The van der Waals surface area contributed by atoms with Crippen LogP contribution in [0.25, 0.3) is 0 Å². The Hall–Kier alpha value is -0.0800.